The summed E-state index contributed by atoms with van der Waals surface area (Å²) in [5, 5.41) is 9.63. The van der Waals surface area contributed by atoms with Gasteiger partial charge < -0.3 is 39.7 Å². The van der Waals surface area contributed by atoms with Gasteiger partial charge >= 0.3 is 17.9 Å². The van der Waals surface area contributed by atoms with Gasteiger partial charge in [0.2, 0.25) is 0 Å². The first kappa shape index (κ1) is 48.1. The average molecular weight is 1030 g/mol. The van der Waals surface area contributed by atoms with Gasteiger partial charge in [0.05, 0.1) is 46.2 Å². The van der Waals surface area contributed by atoms with Crippen LogP contribution in [0.4, 0.5) is 32.3 Å². The minimum absolute atomic E-state index is 0.134. The number of halogens is 1. The highest BCUT2D eigenvalue weighted by Gasteiger charge is 2.31. The number of nitrogens with one attached hydrogen (secondary N) is 2. The first-order valence-corrected chi connectivity index (χ1v) is 24.7. The zero-order valence-electron chi connectivity index (χ0n) is 38.6. The number of piperazine rings is 2. The SMILES string of the molecule is CC(C)(C)OC(=O)N1CCN(c2ccncc2NC(=O)c2csc(-n3c(=O)n(C4CC4)c4ccccc43)n2)CC1.CC(C)(C)OC(=O)N1CCN(c2ccncc2NC(=O)c2csc(Br)n2)CC1. The van der Waals surface area contributed by atoms with E-state index in [2.05, 4.69) is 56.3 Å². The van der Waals surface area contributed by atoms with E-state index in [0.29, 0.717) is 78.5 Å². The molecule has 6 aromatic rings. The summed E-state index contributed by atoms with van der Waals surface area (Å²) in [7, 11) is 0. The molecule has 7 heterocycles. The van der Waals surface area contributed by atoms with E-state index >= 15 is 0 Å². The molecule has 22 heteroatoms. The van der Waals surface area contributed by atoms with E-state index in [1.165, 1.54) is 22.7 Å². The number of para-hydroxylation sites is 2. The molecule has 9 rings (SSSR count). The van der Waals surface area contributed by atoms with Gasteiger partial charge in [0.25, 0.3) is 11.8 Å². The van der Waals surface area contributed by atoms with Crippen molar-refractivity contribution in [3.8, 4) is 5.13 Å². The standard InChI is InChI=1S/C28H31N7O4S.C18H22BrN5O3S/c1-28(2,3)39-27(38)33-14-12-32(13-15-33)21-10-11-29-16-19(21)30-24(36)20-17-40-25(31-20)35-23-7-5-4-6-22(23)34(26(35)37)18-8-9-18;1-18(2,3)27-17(26)24-8-6-23(7-9-24)14-4-5-20-10-12(14)21-15(25)13-11-28-16(19)22-13/h4-7,10-11,16-18H,8-9,12-15H2,1-3H3,(H,30,36);4-5,10-11H,6-9H2,1-3H3,(H,21,25). The van der Waals surface area contributed by atoms with Crippen LogP contribution in [-0.4, -0.2) is 126 Å². The van der Waals surface area contributed by atoms with Crippen molar-refractivity contribution < 1.29 is 28.7 Å². The molecular formula is C46H53BrN12O7S2. The van der Waals surface area contributed by atoms with Crippen molar-refractivity contribution in [2.75, 3.05) is 72.8 Å². The molecule has 0 radical (unpaired) electrons. The van der Waals surface area contributed by atoms with Crippen LogP contribution in [0.5, 0.6) is 0 Å². The lowest BCUT2D eigenvalue weighted by atomic mass is 10.2. The molecule has 1 aliphatic carbocycles. The summed E-state index contributed by atoms with van der Waals surface area (Å²) in [6.45, 7) is 15.6. The van der Waals surface area contributed by atoms with Gasteiger partial charge in [-0.15, -0.1) is 22.7 Å². The van der Waals surface area contributed by atoms with Gasteiger partial charge in [-0.1, -0.05) is 12.1 Å². The van der Waals surface area contributed by atoms with Crippen LogP contribution in [0.1, 0.15) is 81.4 Å². The van der Waals surface area contributed by atoms with E-state index in [1.54, 1.807) is 49.9 Å². The summed E-state index contributed by atoms with van der Waals surface area (Å²) < 4.78 is 15.0. The fraction of sp³-hybridized carbons (Fsp3) is 0.413. The number of anilines is 4. The van der Waals surface area contributed by atoms with Crippen molar-refractivity contribution >= 4 is 96.4 Å². The Balaban J connectivity index is 0.000000196. The minimum Gasteiger partial charge on any atom is -0.444 e. The number of rotatable bonds is 8. The van der Waals surface area contributed by atoms with Crippen LogP contribution in [0, 0.1) is 0 Å². The number of ether oxygens (including phenoxy) is 2. The van der Waals surface area contributed by atoms with Gasteiger partial charge in [-0.25, -0.2) is 28.9 Å². The predicted octanol–water partition coefficient (Wildman–Crippen LogP) is 7.90. The second-order valence-corrected chi connectivity index (χ2v) is 21.3. The quantitative estimate of drug-likeness (QED) is 0.149. The number of fused-ring (bicyclic) bond motifs is 1. The number of thiazole rings is 2. The van der Waals surface area contributed by atoms with Crippen molar-refractivity contribution in [3.05, 3.63) is 97.7 Å². The van der Waals surface area contributed by atoms with Crippen molar-refractivity contribution in [1.29, 1.82) is 0 Å². The van der Waals surface area contributed by atoms with Gasteiger partial charge in [-0.3, -0.25) is 24.1 Å². The third-order valence-electron chi connectivity index (χ3n) is 11.0. The topological polar surface area (TPSA) is 202 Å². The Kier molecular flexibility index (Phi) is 14.2. The molecule has 3 aliphatic rings. The van der Waals surface area contributed by atoms with Crippen LogP contribution in [0.15, 0.2) is 80.7 Å². The number of aromatic nitrogens is 6. The number of benzene rings is 1. The zero-order valence-corrected chi connectivity index (χ0v) is 41.8. The average Bonchev–Trinajstić information content (AvgIpc) is 3.69. The Labute approximate surface area is 409 Å². The van der Waals surface area contributed by atoms with Gasteiger partial charge in [0, 0.05) is 81.6 Å². The van der Waals surface area contributed by atoms with Crippen molar-refractivity contribution in [2.45, 2.75) is 71.6 Å². The summed E-state index contributed by atoms with van der Waals surface area (Å²) >= 11 is 5.87. The third kappa shape index (κ3) is 11.5. The molecule has 2 saturated heterocycles. The molecule has 2 N–H and O–H groups in total. The van der Waals surface area contributed by atoms with Crippen LogP contribution in [0.3, 0.4) is 0 Å². The number of amides is 4. The predicted molar refractivity (Wildman–Crippen MR) is 266 cm³/mol. The molecule has 68 heavy (non-hydrogen) atoms. The van der Waals surface area contributed by atoms with E-state index in [4.69, 9.17) is 9.47 Å². The fourth-order valence-electron chi connectivity index (χ4n) is 7.67. The molecule has 0 spiro atoms. The largest absolute Gasteiger partial charge is 0.444 e. The van der Waals surface area contributed by atoms with Crippen molar-refractivity contribution in [3.63, 3.8) is 0 Å². The zero-order chi connectivity index (χ0) is 48.3. The lowest BCUT2D eigenvalue weighted by Crippen LogP contribution is -2.50. The Bertz CT molecular complexity index is 2860. The van der Waals surface area contributed by atoms with Gasteiger partial charge in [-0.2, -0.15) is 0 Å². The van der Waals surface area contributed by atoms with Crippen LogP contribution >= 0.6 is 38.6 Å². The number of pyridine rings is 2. The Hall–Kier alpha value is -6.39. The second kappa shape index (κ2) is 20.1. The lowest BCUT2D eigenvalue weighted by Gasteiger charge is -2.37. The van der Waals surface area contributed by atoms with Gasteiger partial charge in [-0.05, 0) is 94.6 Å². The Morgan fingerprint density at radius 2 is 1.13 bits per heavy atom. The smallest absolute Gasteiger partial charge is 0.410 e. The van der Waals surface area contributed by atoms with E-state index in [-0.39, 0.29) is 41.4 Å². The maximum atomic E-state index is 13.3. The van der Waals surface area contributed by atoms with E-state index in [1.807, 2.05) is 82.5 Å². The summed E-state index contributed by atoms with van der Waals surface area (Å²) in [6, 6.07) is 11.6. The normalized spacial score (nSPS) is 15.4. The number of imidazole rings is 1. The first-order chi connectivity index (χ1) is 32.4. The van der Waals surface area contributed by atoms with E-state index < -0.39 is 11.2 Å². The maximum Gasteiger partial charge on any atom is 0.410 e. The Morgan fingerprint density at radius 3 is 1.59 bits per heavy atom. The lowest BCUT2D eigenvalue weighted by molar-refractivity contribution is 0.0230. The number of nitrogens with zero attached hydrogens (tertiary/aromatic N) is 10. The number of carbonyl (C=O) groups is 4. The van der Waals surface area contributed by atoms with Crippen molar-refractivity contribution in [1.82, 2.24) is 38.9 Å². The molecule has 1 aromatic carbocycles. The molecule has 1 saturated carbocycles. The summed E-state index contributed by atoms with van der Waals surface area (Å²) in [5.41, 5.74) is 3.87. The van der Waals surface area contributed by atoms with E-state index in [0.717, 1.165) is 35.2 Å². The first-order valence-electron chi connectivity index (χ1n) is 22.2. The molecule has 358 valence electrons. The van der Waals surface area contributed by atoms with Crippen LogP contribution in [0.25, 0.3) is 16.2 Å². The number of hydrogen-bond donors (Lipinski definition) is 2. The van der Waals surface area contributed by atoms with Crippen LogP contribution in [-0.2, 0) is 9.47 Å². The van der Waals surface area contributed by atoms with E-state index in [9.17, 15) is 24.0 Å². The second-order valence-electron chi connectivity index (χ2n) is 18.3. The highest BCUT2D eigenvalue weighted by atomic mass is 79.9. The third-order valence-corrected chi connectivity index (χ3v) is 13.1. The van der Waals surface area contributed by atoms with Crippen LogP contribution in [0.2, 0.25) is 0 Å². The van der Waals surface area contributed by atoms with Crippen molar-refractivity contribution in [2.24, 2.45) is 0 Å². The molecule has 3 fully saturated rings. The highest BCUT2D eigenvalue weighted by Crippen LogP contribution is 2.37. The monoisotopic (exact) mass is 1030 g/mol. The molecule has 19 nitrogen and oxygen atoms in total. The molecule has 4 amide bonds. The molecular weight excluding hydrogens is 977 g/mol. The summed E-state index contributed by atoms with van der Waals surface area (Å²) in [4.78, 5) is 88.4. The maximum absolute atomic E-state index is 13.3. The minimum atomic E-state index is -0.547. The fourth-order valence-corrected chi connectivity index (χ4v) is 9.47. The molecule has 2 aliphatic heterocycles. The summed E-state index contributed by atoms with van der Waals surface area (Å²) in [5.74, 6) is -0.674. The summed E-state index contributed by atoms with van der Waals surface area (Å²) in [6.07, 6.45) is 7.94. The molecule has 0 atom stereocenters. The molecule has 0 unspecified atom stereocenters. The van der Waals surface area contributed by atoms with Gasteiger partial charge in [0.1, 0.15) is 22.6 Å². The molecule has 5 aromatic heterocycles. The number of hydrogen-bond acceptors (Lipinski definition) is 15. The van der Waals surface area contributed by atoms with Gasteiger partial charge in [0.15, 0.2) is 9.05 Å². The Morgan fingerprint density at radius 1 is 0.662 bits per heavy atom. The van der Waals surface area contributed by atoms with Crippen LogP contribution < -0.4 is 26.1 Å². The molecule has 0 bridgehead atoms. The number of carbonyl (C=O) groups excluding carboxylic acids is 4. The highest BCUT2D eigenvalue weighted by molar-refractivity contribution is 9.11.